The molecule has 0 aromatic carbocycles. The van der Waals surface area contributed by atoms with Gasteiger partial charge in [0.1, 0.15) is 5.69 Å². The molecule has 0 radical (unpaired) electrons. The third-order valence-electron chi connectivity index (χ3n) is 1.11. The highest BCUT2D eigenvalue weighted by Gasteiger charge is 2.05. The normalized spacial score (nSPS) is 9.09. The van der Waals surface area contributed by atoms with Crippen molar-refractivity contribution in [3.05, 3.63) is 24.5 Å². The van der Waals surface area contributed by atoms with Crippen molar-refractivity contribution in [3.63, 3.8) is 0 Å². The van der Waals surface area contributed by atoms with Crippen molar-refractivity contribution in [2.75, 3.05) is 0 Å². The first-order chi connectivity index (χ1) is 5.22. The number of hydrogen-bond donors (Lipinski definition) is 1. The maximum atomic E-state index is 10.5. The van der Waals surface area contributed by atoms with Crippen LogP contribution < -0.4 is 5.73 Å². The quantitative estimate of drug-likeness (QED) is 0.569. The minimum Gasteiger partial charge on any atom is -0.366 e. The van der Waals surface area contributed by atoms with Crippen LogP contribution in [0.25, 0.3) is 5.57 Å². The maximum absolute atomic E-state index is 10.5. The topological polar surface area (TPSA) is 81.8 Å². The fraction of sp³-hybridized carbons (Fsp3) is 0. The van der Waals surface area contributed by atoms with Crippen LogP contribution in [0.15, 0.2) is 18.8 Å². The lowest BCUT2D eigenvalue weighted by Crippen LogP contribution is -2.13. The number of primary amides is 1. The summed E-state index contributed by atoms with van der Waals surface area (Å²) in [5.74, 6) is -0.606. The molecule has 1 amide bonds. The standard InChI is InChI=1S/C6H6N4O/c1-4(6(7)11)5-2-3-8-10-9-5/h2-3H,1H2,(H2,7,11). The third-order valence-corrected chi connectivity index (χ3v) is 1.11. The molecular weight excluding hydrogens is 144 g/mol. The molecule has 1 heterocycles. The SMILES string of the molecule is C=C(C(N)=O)c1ccnnn1. The monoisotopic (exact) mass is 150 g/mol. The predicted molar refractivity (Wildman–Crippen MR) is 38.1 cm³/mol. The largest absolute Gasteiger partial charge is 0.366 e. The van der Waals surface area contributed by atoms with E-state index in [-0.39, 0.29) is 5.57 Å². The van der Waals surface area contributed by atoms with Crippen molar-refractivity contribution in [2.24, 2.45) is 5.73 Å². The first-order valence-corrected chi connectivity index (χ1v) is 2.85. The van der Waals surface area contributed by atoms with Gasteiger partial charge in [-0.25, -0.2) is 0 Å². The molecule has 0 atom stereocenters. The minimum atomic E-state index is -0.606. The van der Waals surface area contributed by atoms with Gasteiger partial charge < -0.3 is 5.73 Å². The molecule has 0 aliphatic rings. The zero-order valence-electron chi connectivity index (χ0n) is 5.69. The summed E-state index contributed by atoms with van der Waals surface area (Å²) in [7, 11) is 0. The maximum Gasteiger partial charge on any atom is 0.250 e. The van der Waals surface area contributed by atoms with Crippen LogP contribution in [-0.2, 0) is 4.79 Å². The molecule has 0 fully saturated rings. The van der Waals surface area contributed by atoms with E-state index in [0.717, 1.165) is 0 Å². The molecular formula is C6H6N4O. The zero-order chi connectivity index (χ0) is 8.27. The van der Waals surface area contributed by atoms with Gasteiger partial charge in [0.2, 0.25) is 5.91 Å². The van der Waals surface area contributed by atoms with E-state index in [0.29, 0.717) is 5.69 Å². The van der Waals surface area contributed by atoms with Gasteiger partial charge in [-0.05, 0) is 11.3 Å². The van der Waals surface area contributed by atoms with E-state index in [1.54, 1.807) is 0 Å². The van der Waals surface area contributed by atoms with Crippen molar-refractivity contribution in [1.82, 2.24) is 15.4 Å². The van der Waals surface area contributed by atoms with Crippen molar-refractivity contribution >= 4 is 11.5 Å². The summed E-state index contributed by atoms with van der Waals surface area (Å²) >= 11 is 0. The average molecular weight is 150 g/mol. The van der Waals surface area contributed by atoms with Gasteiger partial charge in [0.25, 0.3) is 0 Å². The second kappa shape index (κ2) is 2.87. The van der Waals surface area contributed by atoms with E-state index < -0.39 is 5.91 Å². The lowest BCUT2D eigenvalue weighted by atomic mass is 10.2. The van der Waals surface area contributed by atoms with E-state index in [1.165, 1.54) is 12.3 Å². The number of nitrogens with two attached hydrogens (primary N) is 1. The summed E-state index contributed by atoms with van der Waals surface area (Å²) in [6, 6.07) is 1.51. The molecule has 0 aliphatic heterocycles. The average Bonchev–Trinajstić information content (AvgIpc) is 2.05. The molecule has 0 saturated carbocycles. The van der Waals surface area contributed by atoms with Crippen LogP contribution in [-0.4, -0.2) is 21.3 Å². The Morgan fingerprint density at radius 3 is 2.82 bits per heavy atom. The number of aromatic nitrogens is 3. The van der Waals surface area contributed by atoms with Gasteiger partial charge in [0, 0.05) is 0 Å². The molecule has 5 nitrogen and oxygen atoms in total. The van der Waals surface area contributed by atoms with Gasteiger partial charge >= 0.3 is 0 Å². The Hall–Kier alpha value is -1.78. The summed E-state index contributed by atoms with van der Waals surface area (Å²) in [4.78, 5) is 10.5. The van der Waals surface area contributed by atoms with Crippen LogP contribution in [0.1, 0.15) is 5.69 Å². The molecule has 0 aliphatic carbocycles. The van der Waals surface area contributed by atoms with Gasteiger partial charge in [-0.15, -0.1) is 10.2 Å². The van der Waals surface area contributed by atoms with E-state index >= 15 is 0 Å². The number of carbonyl (C=O) groups is 1. The number of carbonyl (C=O) groups excluding carboxylic acids is 1. The van der Waals surface area contributed by atoms with Crippen molar-refractivity contribution in [3.8, 4) is 0 Å². The number of rotatable bonds is 2. The van der Waals surface area contributed by atoms with Gasteiger partial charge in [0.05, 0.1) is 11.8 Å². The Bertz CT molecular complexity index is 282. The van der Waals surface area contributed by atoms with Crippen molar-refractivity contribution in [1.29, 1.82) is 0 Å². The van der Waals surface area contributed by atoms with Crippen molar-refractivity contribution in [2.45, 2.75) is 0 Å². The summed E-state index contributed by atoms with van der Waals surface area (Å²) in [6.45, 7) is 3.42. The lowest BCUT2D eigenvalue weighted by molar-refractivity contribution is -0.112. The van der Waals surface area contributed by atoms with Gasteiger partial charge in [-0.3, -0.25) is 4.79 Å². The molecule has 0 spiro atoms. The smallest absolute Gasteiger partial charge is 0.250 e. The summed E-state index contributed by atoms with van der Waals surface area (Å²) < 4.78 is 0. The van der Waals surface area contributed by atoms with E-state index in [2.05, 4.69) is 22.0 Å². The Morgan fingerprint density at radius 1 is 1.64 bits per heavy atom. The molecule has 11 heavy (non-hydrogen) atoms. The predicted octanol–water partition coefficient (Wildman–Crippen LogP) is -0.630. The summed E-state index contributed by atoms with van der Waals surface area (Å²) in [5, 5.41) is 10.3. The molecule has 1 rings (SSSR count). The van der Waals surface area contributed by atoms with Crippen LogP contribution in [0.2, 0.25) is 0 Å². The molecule has 5 heteroatoms. The Labute approximate surface area is 62.9 Å². The van der Waals surface area contributed by atoms with Crippen LogP contribution in [0.3, 0.4) is 0 Å². The minimum absolute atomic E-state index is 0.139. The van der Waals surface area contributed by atoms with Crippen molar-refractivity contribution < 1.29 is 4.79 Å². The Balaban J connectivity index is 2.95. The molecule has 56 valence electrons. The van der Waals surface area contributed by atoms with Crippen LogP contribution in [0, 0.1) is 0 Å². The zero-order valence-corrected chi connectivity index (χ0v) is 5.69. The van der Waals surface area contributed by atoms with Crippen LogP contribution in [0.4, 0.5) is 0 Å². The Morgan fingerprint density at radius 2 is 2.36 bits per heavy atom. The fourth-order valence-electron chi connectivity index (χ4n) is 0.528. The molecule has 0 bridgehead atoms. The van der Waals surface area contributed by atoms with Crippen LogP contribution >= 0.6 is 0 Å². The summed E-state index contributed by atoms with van der Waals surface area (Å²) in [6.07, 6.45) is 1.41. The highest BCUT2D eigenvalue weighted by Crippen LogP contribution is 2.04. The number of nitrogens with zero attached hydrogens (tertiary/aromatic N) is 3. The molecule has 0 unspecified atom stereocenters. The first-order valence-electron chi connectivity index (χ1n) is 2.85. The van der Waals surface area contributed by atoms with Crippen LogP contribution in [0.5, 0.6) is 0 Å². The van der Waals surface area contributed by atoms with E-state index in [9.17, 15) is 4.79 Å². The van der Waals surface area contributed by atoms with E-state index in [1.807, 2.05) is 0 Å². The number of amides is 1. The molecule has 1 aromatic heterocycles. The highest BCUT2D eigenvalue weighted by molar-refractivity contribution is 6.17. The molecule has 0 saturated heterocycles. The van der Waals surface area contributed by atoms with Gasteiger partial charge in [0.15, 0.2) is 0 Å². The molecule has 1 aromatic rings. The second-order valence-electron chi connectivity index (χ2n) is 1.85. The van der Waals surface area contributed by atoms with E-state index in [4.69, 9.17) is 5.73 Å². The Kier molecular flexibility index (Phi) is 1.91. The fourth-order valence-corrected chi connectivity index (χ4v) is 0.528. The van der Waals surface area contributed by atoms with Gasteiger partial charge in [-0.2, -0.15) is 0 Å². The molecule has 2 N–H and O–H groups in total. The summed E-state index contributed by atoms with van der Waals surface area (Å²) in [5.41, 5.74) is 5.43. The highest BCUT2D eigenvalue weighted by atomic mass is 16.1. The van der Waals surface area contributed by atoms with Gasteiger partial charge in [-0.1, -0.05) is 6.58 Å². The second-order valence-corrected chi connectivity index (χ2v) is 1.85. The lowest BCUT2D eigenvalue weighted by Gasteiger charge is -1.95. The third kappa shape index (κ3) is 1.57. The number of hydrogen-bond acceptors (Lipinski definition) is 4. The first kappa shape index (κ1) is 7.33.